The number of nitrogens with zero attached hydrogens (tertiary/aromatic N) is 2. The van der Waals surface area contributed by atoms with E-state index in [-0.39, 0.29) is 0 Å². The number of nitrogens with two attached hydrogens (primary N) is 1. The van der Waals surface area contributed by atoms with Crippen LogP contribution in [0.15, 0.2) is 24.3 Å². The van der Waals surface area contributed by atoms with Gasteiger partial charge in [-0.15, -0.1) is 10.2 Å². The molecule has 0 fully saturated rings. The maximum Gasteiger partial charge on any atom is 0.149 e. The minimum absolute atomic E-state index is 0.765. The van der Waals surface area contributed by atoms with Gasteiger partial charge in [-0.2, -0.15) is 0 Å². The molecule has 0 unspecified atom stereocenters. The van der Waals surface area contributed by atoms with Crippen LogP contribution in [0.25, 0.3) is 10.6 Å². The van der Waals surface area contributed by atoms with Gasteiger partial charge < -0.3 is 5.73 Å². The number of rotatable bonds is 4. The highest BCUT2D eigenvalue weighted by Gasteiger charge is 2.08. The summed E-state index contributed by atoms with van der Waals surface area (Å²) in [6, 6.07) is 7.78. The Morgan fingerprint density at radius 2 is 2.06 bits per heavy atom. The third-order valence-electron chi connectivity index (χ3n) is 2.40. The highest BCUT2D eigenvalue weighted by Crippen LogP contribution is 2.28. The highest BCUT2D eigenvalue weighted by molar-refractivity contribution is 7.14. The van der Waals surface area contributed by atoms with Gasteiger partial charge in [-0.1, -0.05) is 36.8 Å². The van der Waals surface area contributed by atoms with Gasteiger partial charge in [0.2, 0.25) is 0 Å². The second-order valence-corrected chi connectivity index (χ2v) is 4.75. The second kappa shape index (κ2) is 5.07. The van der Waals surface area contributed by atoms with Crippen LogP contribution in [-0.2, 0) is 6.42 Å². The third kappa shape index (κ3) is 2.39. The molecular formula is C12H15N3S. The van der Waals surface area contributed by atoms with Gasteiger partial charge >= 0.3 is 0 Å². The van der Waals surface area contributed by atoms with Crippen LogP contribution in [0.2, 0.25) is 0 Å². The molecule has 2 aromatic rings. The highest BCUT2D eigenvalue weighted by atomic mass is 32.1. The number of anilines is 1. The lowest BCUT2D eigenvalue weighted by molar-refractivity contribution is 0.780. The van der Waals surface area contributed by atoms with E-state index in [4.69, 9.17) is 5.73 Å². The summed E-state index contributed by atoms with van der Waals surface area (Å²) in [6.07, 6.45) is 3.36. The molecule has 2 N–H and O–H groups in total. The Morgan fingerprint density at radius 1 is 1.25 bits per heavy atom. The lowest BCUT2D eigenvalue weighted by Crippen LogP contribution is -1.88. The quantitative estimate of drug-likeness (QED) is 0.825. The van der Waals surface area contributed by atoms with E-state index in [1.807, 2.05) is 24.3 Å². The van der Waals surface area contributed by atoms with Crippen LogP contribution in [0.1, 0.15) is 24.8 Å². The van der Waals surface area contributed by atoms with Crippen molar-refractivity contribution in [3.63, 3.8) is 0 Å². The molecule has 2 rings (SSSR count). The van der Waals surface area contributed by atoms with Crippen molar-refractivity contribution in [2.24, 2.45) is 0 Å². The number of para-hydroxylation sites is 1. The molecule has 1 heterocycles. The Kier molecular flexibility index (Phi) is 3.51. The molecule has 0 saturated heterocycles. The summed E-state index contributed by atoms with van der Waals surface area (Å²) >= 11 is 1.64. The number of hydrogen-bond acceptors (Lipinski definition) is 4. The summed E-state index contributed by atoms with van der Waals surface area (Å²) in [6.45, 7) is 2.18. The zero-order valence-corrected chi connectivity index (χ0v) is 10.1. The third-order valence-corrected chi connectivity index (χ3v) is 3.42. The van der Waals surface area contributed by atoms with E-state index >= 15 is 0 Å². The smallest absolute Gasteiger partial charge is 0.149 e. The van der Waals surface area contributed by atoms with Crippen molar-refractivity contribution in [1.29, 1.82) is 0 Å². The van der Waals surface area contributed by atoms with Gasteiger partial charge in [0.1, 0.15) is 10.0 Å². The van der Waals surface area contributed by atoms with Crippen LogP contribution in [0.4, 0.5) is 5.69 Å². The minimum Gasteiger partial charge on any atom is -0.398 e. The first kappa shape index (κ1) is 11.1. The molecule has 0 aliphatic rings. The lowest BCUT2D eigenvalue weighted by atomic mass is 10.2. The van der Waals surface area contributed by atoms with Crippen LogP contribution < -0.4 is 5.73 Å². The average molecular weight is 233 g/mol. The van der Waals surface area contributed by atoms with Gasteiger partial charge in [0, 0.05) is 17.7 Å². The molecule has 0 saturated carbocycles. The largest absolute Gasteiger partial charge is 0.398 e. The molecule has 0 bridgehead atoms. The Labute approximate surface area is 99.3 Å². The van der Waals surface area contributed by atoms with E-state index in [9.17, 15) is 0 Å². The monoisotopic (exact) mass is 233 g/mol. The van der Waals surface area contributed by atoms with Gasteiger partial charge in [0.15, 0.2) is 0 Å². The summed E-state index contributed by atoms with van der Waals surface area (Å²) in [5.74, 6) is 0. The molecule has 4 heteroatoms. The van der Waals surface area contributed by atoms with Gasteiger partial charge in [-0.05, 0) is 18.6 Å². The number of benzene rings is 1. The SMILES string of the molecule is CCCCc1nnc(-c2ccccc2N)s1. The number of unbranched alkanes of at least 4 members (excludes halogenated alkanes) is 1. The van der Waals surface area contributed by atoms with Gasteiger partial charge in [-0.25, -0.2) is 0 Å². The molecule has 0 radical (unpaired) electrons. The van der Waals surface area contributed by atoms with E-state index in [2.05, 4.69) is 17.1 Å². The molecular weight excluding hydrogens is 218 g/mol. The molecule has 1 aromatic carbocycles. The second-order valence-electron chi connectivity index (χ2n) is 3.69. The van der Waals surface area contributed by atoms with Crippen LogP contribution in [0.3, 0.4) is 0 Å². The summed E-state index contributed by atoms with van der Waals surface area (Å²) in [4.78, 5) is 0. The van der Waals surface area contributed by atoms with E-state index in [1.54, 1.807) is 11.3 Å². The van der Waals surface area contributed by atoms with Gasteiger partial charge in [0.05, 0.1) is 0 Å². The Balaban J connectivity index is 2.22. The van der Waals surface area contributed by atoms with E-state index < -0.39 is 0 Å². The predicted molar refractivity (Wildman–Crippen MR) is 68.4 cm³/mol. The van der Waals surface area contributed by atoms with Crippen LogP contribution in [0, 0.1) is 0 Å². The molecule has 1 aromatic heterocycles. The normalized spacial score (nSPS) is 10.6. The zero-order valence-electron chi connectivity index (χ0n) is 9.31. The van der Waals surface area contributed by atoms with Crippen molar-refractivity contribution in [3.05, 3.63) is 29.3 Å². The molecule has 0 amide bonds. The number of aromatic nitrogens is 2. The summed E-state index contributed by atoms with van der Waals surface area (Å²) in [5.41, 5.74) is 7.65. The maximum atomic E-state index is 5.90. The van der Waals surface area contributed by atoms with Gasteiger partial charge in [-0.3, -0.25) is 0 Å². The summed E-state index contributed by atoms with van der Waals surface area (Å²) in [7, 11) is 0. The van der Waals surface area contributed by atoms with Crippen LogP contribution >= 0.6 is 11.3 Å². The molecule has 3 nitrogen and oxygen atoms in total. The molecule has 16 heavy (non-hydrogen) atoms. The Hall–Kier alpha value is -1.42. The van der Waals surface area contributed by atoms with Crippen LogP contribution in [-0.4, -0.2) is 10.2 Å². The molecule has 0 aliphatic heterocycles. The maximum absolute atomic E-state index is 5.90. The lowest BCUT2D eigenvalue weighted by Gasteiger charge is -1.98. The van der Waals surface area contributed by atoms with E-state index in [0.717, 1.165) is 27.7 Å². The fourth-order valence-corrected chi connectivity index (χ4v) is 2.41. The van der Waals surface area contributed by atoms with Crippen molar-refractivity contribution in [3.8, 4) is 10.6 Å². The molecule has 0 aliphatic carbocycles. The number of nitrogen functional groups attached to an aromatic ring is 1. The molecule has 0 atom stereocenters. The van der Waals surface area contributed by atoms with Crippen molar-refractivity contribution in [2.45, 2.75) is 26.2 Å². The van der Waals surface area contributed by atoms with Crippen LogP contribution in [0.5, 0.6) is 0 Å². The van der Waals surface area contributed by atoms with E-state index in [1.165, 1.54) is 12.8 Å². The van der Waals surface area contributed by atoms with Crippen molar-refractivity contribution in [1.82, 2.24) is 10.2 Å². The average Bonchev–Trinajstić information content (AvgIpc) is 2.75. The first-order chi connectivity index (χ1) is 7.81. The van der Waals surface area contributed by atoms with E-state index in [0.29, 0.717) is 0 Å². The topological polar surface area (TPSA) is 51.8 Å². The first-order valence-corrected chi connectivity index (χ1v) is 6.30. The standard InChI is InChI=1S/C12H15N3S/c1-2-3-8-11-14-15-12(16-11)9-6-4-5-7-10(9)13/h4-7H,2-3,8,13H2,1H3. The zero-order chi connectivity index (χ0) is 11.4. The van der Waals surface area contributed by atoms with Crippen molar-refractivity contribution >= 4 is 17.0 Å². The Bertz CT molecular complexity index is 465. The fraction of sp³-hybridized carbons (Fsp3) is 0.333. The molecule has 84 valence electrons. The molecule has 0 spiro atoms. The summed E-state index contributed by atoms with van der Waals surface area (Å²) in [5, 5.41) is 10.4. The fourth-order valence-electron chi connectivity index (χ4n) is 1.48. The van der Waals surface area contributed by atoms with Crippen molar-refractivity contribution in [2.75, 3.05) is 5.73 Å². The van der Waals surface area contributed by atoms with Gasteiger partial charge in [0.25, 0.3) is 0 Å². The Morgan fingerprint density at radius 3 is 2.81 bits per heavy atom. The number of hydrogen-bond donors (Lipinski definition) is 1. The number of aryl methyl sites for hydroxylation is 1. The predicted octanol–water partition coefficient (Wildman–Crippen LogP) is 3.13. The minimum atomic E-state index is 0.765. The first-order valence-electron chi connectivity index (χ1n) is 5.48. The van der Waals surface area contributed by atoms with Crippen molar-refractivity contribution < 1.29 is 0 Å². The summed E-state index contributed by atoms with van der Waals surface area (Å²) < 4.78 is 0.